The van der Waals surface area contributed by atoms with Gasteiger partial charge in [0.25, 0.3) is 0 Å². The first-order valence-electron chi connectivity index (χ1n) is 10.0. The lowest BCUT2D eigenvalue weighted by atomic mass is 10.0. The summed E-state index contributed by atoms with van der Waals surface area (Å²) in [6.45, 7) is 1.46. The summed E-state index contributed by atoms with van der Waals surface area (Å²) < 4.78 is 15.8. The smallest absolute Gasteiger partial charge is 0.407 e. The van der Waals surface area contributed by atoms with Crippen LogP contribution in [0.25, 0.3) is 0 Å². The molecular formula is C23H28N2O5. The SMILES string of the molecule is COc1ccc(CC(=O)N2CCC(NC(=O)OCc3ccccc3)CC2)cc1OC. The van der Waals surface area contributed by atoms with E-state index in [1.165, 1.54) is 0 Å². The molecule has 30 heavy (non-hydrogen) atoms. The number of nitrogens with zero attached hydrogens (tertiary/aromatic N) is 1. The van der Waals surface area contributed by atoms with E-state index in [0.717, 1.165) is 11.1 Å². The largest absolute Gasteiger partial charge is 0.493 e. The van der Waals surface area contributed by atoms with Gasteiger partial charge in [-0.15, -0.1) is 0 Å². The molecule has 1 aliphatic heterocycles. The second-order valence-electron chi connectivity index (χ2n) is 7.23. The highest BCUT2D eigenvalue weighted by molar-refractivity contribution is 5.79. The van der Waals surface area contributed by atoms with E-state index in [-0.39, 0.29) is 18.6 Å². The minimum absolute atomic E-state index is 0.0124. The first-order valence-corrected chi connectivity index (χ1v) is 10.0. The Labute approximate surface area is 176 Å². The molecule has 2 aromatic carbocycles. The van der Waals surface area contributed by atoms with E-state index >= 15 is 0 Å². The predicted molar refractivity (Wildman–Crippen MR) is 113 cm³/mol. The number of piperidine rings is 1. The zero-order valence-corrected chi connectivity index (χ0v) is 17.4. The summed E-state index contributed by atoms with van der Waals surface area (Å²) in [6, 6.07) is 15.1. The molecule has 0 atom stereocenters. The maximum atomic E-state index is 12.7. The standard InChI is InChI=1S/C23H28N2O5/c1-28-20-9-8-18(14-21(20)29-2)15-22(26)25-12-10-19(11-13-25)24-23(27)30-16-17-6-4-3-5-7-17/h3-9,14,19H,10-13,15-16H2,1-2H3,(H,24,27). The van der Waals surface area contributed by atoms with Gasteiger partial charge in [0.05, 0.1) is 20.6 Å². The van der Waals surface area contributed by atoms with Gasteiger partial charge in [0, 0.05) is 19.1 Å². The molecule has 0 saturated carbocycles. The Hall–Kier alpha value is -3.22. The zero-order valence-electron chi connectivity index (χ0n) is 17.4. The predicted octanol–water partition coefficient (Wildman–Crippen LogP) is 3.16. The van der Waals surface area contributed by atoms with Crippen LogP contribution in [0.1, 0.15) is 24.0 Å². The Morgan fingerprint density at radius 2 is 1.67 bits per heavy atom. The topological polar surface area (TPSA) is 77.1 Å². The number of carbonyl (C=O) groups is 2. The molecule has 0 spiro atoms. The number of likely N-dealkylation sites (tertiary alicyclic amines) is 1. The molecule has 3 rings (SSSR count). The van der Waals surface area contributed by atoms with Crippen molar-refractivity contribution in [3.8, 4) is 11.5 Å². The molecule has 7 heteroatoms. The molecule has 7 nitrogen and oxygen atoms in total. The summed E-state index contributed by atoms with van der Waals surface area (Å²) >= 11 is 0. The molecule has 160 valence electrons. The fraction of sp³-hybridized carbons (Fsp3) is 0.391. The summed E-state index contributed by atoms with van der Waals surface area (Å²) in [5.41, 5.74) is 1.82. The van der Waals surface area contributed by atoms with E-state index in [4.69, 9.17) is 14.2 Å². The van der Waals surface area contributed by atoms with E-state index in [0.29, 0.717) is 43.9 Å². The first-order chi connectivity index (χ1) is 14.6. The molecule has 1 aliphatic rings. The van der Waals surface area contributed by atoms with Crippen molar-refractivity contribution in [2.75, 3.05) is 27.3 Å². The van der Waals surface area contributed by atoms with Gasteiger partial charge < -0.3 is 24.4 Å². The highest BCUT2D eigenvalue weighted by Crippen LogP contribution is 2.28. The number of alkyl carbamates (subject to hydrolysis) is 1. The number of amides is 2. The molecule has 0 bridgehead atoms. The summed E-state index contributed by atoms with van der Waals surface area (Å²) in [5, 5.41) is 2.90. The number of hydrogen-bond acceptors (Lipinski definition) is 5. The van der Waals surface area contributed by atoms with Gasteiger partial charge in [-0.1, -0.05) is 36.4 Å². The van der Waals surface area contributed by atoms with Crippen molar-refractivity contribution in [1.82, 2.24) is 10.2 Å². The van der Waals surface area contributed by atoms with Gasteiger partial charge in [0.2, 0.25) is 5.91 Å². The van der Waals surface area contributed by atoms with Crippen molar-refractivity contribution in [2.45, 2.75) is 31.9 Å². The summed E-state index contributed by atoms with van der Waals surface area (Å²) in [7, 11) is 3.16. The van der Waals surface area contributed by atoms with Crippen molar-refractivity contribution in [2.24, 2.45) is 0 Å². The van der Waals surface area contributed by atoms with Crippen LogP contribution in [-0.2, 0) is 22.6 Å². The Morgan fingerprint density at radius 1 is 0.967 bits per heavy atom. The molecule has 2 aromatic rings. The van der Waals surface area contributed by atoms with Gasteiger partial charge in [0.15, 0.2) is 11.5 Å². The number of benzene rings is 2. The Bertz CT molecular complexity index is 848. The molecule has 1 heterocycles. The second-order valence-corrected chi connectivity index (χ2v) is 7.23. The summed E-state index contributed by atoms with van der Waals surface area (Å²) in [6.07, 6.45) is 1.29. The van der Waals surface area contributed by atoms with Crippen molar-refractivity contribution in [3.63, 3.8) is 0 Å². The Kier molecular flexibility index (Phi) is 7.54. The maximum absolute atomic E-state index is 12.7. The van der Waals surface area contributed by atoms with Gasteiger partial charge >= 0.3 is 6.09 Å². The number of nitrogens with one attached hydrogen (secondary N) is 1. The van der Waals surface area contributed by atoms with E-state index in [9.17, 15) is 9.59 Å². The van der Waals surface area contributed by atoms with Crippen LogP contribution in [0.15, 0.2) is 48.5 Å². The lowest BCUT2D eigenvalue weighted by Gasteiger charge is -2.32. The van der Waals surface area contributed by atoms with Gasteiger partial charge in [-0.05, 0) is 36.1 Å². The Balaban J connectivity index is 1.42. The van der Waals surface area contributed by atoms with Crippen LogP contribution in [-0.4, -0.2) is 50.3 Å². The fourth-order valence-corrected chi connectivity index (χ4v) is 3.48. The number of methoxy groups -OCH3 is 2. The van der Waals surface area contributed by atoms with Crippen LogP contribution in [0.3, 0.4) is 0 Å². The molecule has 1 N–H and O–H groups in total. The number of ether oxygens (including phenoxy) is 3. The van der Waals surface area contributed by atoms with Gasteiger partial charge in [-0.25, -0.2) is 4.79 Å². The van der Waals surface area contributed by atoms with Crippen LogP contribution in [0.4, 0.5) is 4.79 Å². The molecule has 2 amide bonds. The lowest BCUT2D eigenvalue weighted by Crippen LogP contribution is -2.47. The third-order valence-electron chi connectivity index (χ3n) is 5.19. The van der Waals surface area contributed by atoms with Crippen molar-refractivity contribution >= 4 is 12.0 Å². The molecule has 1 fully saturated rings. The number of hydrogen-bond donors (Lipinski definition) is 1. The van der Waals surface area contributed by atoms with Gasteiger partial charge in [-0.2, -0.15) is 0 Å². The molecule has 0 aromatic heterocycles. The van der Waals surface area contributed by atoms with Gasteiger partial charge in [-0.3, -0.25) is 4.79 Å². The average molecular weight is 412 g/mol. The first kappa shape index (κ1) is 21.5. The maximum Gasteiger partial charge on any atom is 0.407 e. The summed E-state index contributed by atoms with van der Waals surface area (Å²) in [5.74, 6) is 1.31. The molecule has 0 aliphatic carbocycles. The number of carbonyl (C=O) groups excluding carboxylic acids is 2. The molecule has 0 unspecified atom stereocenters. The van der Waals surface area contributed by atoms with E-state index in [1.54, 1.807) is 20.3 Å². The minimum atomic E-state index is -0.422. The summed E-state index contributed by atoms with van der Waals surface area (Å²) in [4.78, 5) is 26.5. The minimum Gasteiger partial charge on any atom is -0.493 e. The van der Waals surface area contributed by atoms with E-state index < -0.39 is 6.09 Å². The van der Waals surface area contributed by atoms with Crippen LogP contribution in [0.5, 0.6) is 11.5 Å². The van der Waals surface area contributed by atoms with Crippen LogP contribution >= 0.6 is 0 Å². The second kappa shape index (κ2) is 10.5. The lowest BCUT2D eigenvalue weighted by molar-refractivity contribution is -0.131. The van der Waals surface area contributed by atoms with Crippen LogP contribution in [0.2, 0.25) is 0 Å². The third kappa shape index (κ3) is 5.89. The third-order valence-corrected chi connectivity index (χ3v) is 5.19. The Morgan fingerprint density at radius 3 is 2.33 bits per heavy atom. The normalized spacial score (nSPS) is 14.1. The molecule has 1 saturated heterocycles. The fourth-order valence-electron chi connectivity index (χ4n) is 3.48. The molecular weight excluding hydrogens is 384 g/mol. The average Bonchev–Trinajstić information content (AvgIpc) is 2.78. The van der Waals surface area contributed by atoms with Crippen molar-refractivity contribution in [1.29, 1.82) is 0 Å². The quantitative estimate of drug-likeness (QED) is 0.756. The van der Waals surface area contributed by atoms with Crippen LogP contribution in [0, 0.1) is 0 Å². The highest BCUT2D eigenvalue weighted by atomic mass is 16.5. The van der Waals surface area contributed by atoms with E-state index in [2.05, 4.69) is 5.32 Å². The molecule has 0 radical (unpaired) electrons. The monoisotopic (exact) mass is 412 g/mol. The zero-order chi connectivity index (χ0) is 21.3. The van der Waals surface area contributed by atoms with Crippen LogP contribution < -0.4 is 14.8 Å². The highest BCUT2D eigenvalue weighted by Gasteiger charge is 2.24. The van der Waals surface area contributed by atoms with Crippen molar-refractivity contribution in [3.05, 3.63) is 59.7 Å². The van der Waals surface area contributed by atoms with Gasteiger partial charge in [0.1, 0.15) is 6.61 Å². The number of rotatable bonds is 7. The van der Waals surface area contributed by atoms with E-state index in [1.807, 2.05) is 47.4 Å². The van der Waals surface area contributed by atoms with Crippen molar-refractivity contribution < 1.29 is 23.8 Å².